The van der Waals surface area contributed by atoms with Crippen LogP contribution in [0.5, 0.6) is 0 Å². The lowest BCUT2D eigenvalue weighted by Gasteiger charge is -2.30. The van der Waals surface area contributed by atoms with Crippen LogP contribution in [0.2, 0.25) is 0 Å². The Morgan fingerprint density at radius 1 is 1.30 bits per heavy atom. The highest BCUT2D eigenvalue weighted by Crippen LogP contribution is 2.36. The summed E-state index contributed by atoms with van der Waals surface area (Å²) in [5.41, 5.74) is 2.52. The SMILES string of the molecule is Cc1nnc([C@@H](C)N2CCc3sc(-c4csc(C)n4)cc3C2)o1. The molecule has 0 spiro atoms. The fraction of sp³-hybridized carbons (Fsp3) is 0.438. The Bertz CT molecular complexity index is 835. The van der Waals surface area contributed by atoms with Crippen LogP contribution in [0.3, 0.4) is 0 Å². The number of hydrogen-bond donors (Lipinski definition) is 0. The van der Waals surface area contributed by atoms with Crippen LogP contribution in [0.25, 0.3) is 10.6 Å². The monoisotopic (exact) mass is 346 g/mol. The second-order valence-corrected chi connectivity index (χ2v) is 8.07. The highest BCUT2D eigenvalue weighted by molar-refractivity contribution is 7.16. The molecule has 3 aromatic rings. The molecule has 4 heterocycles. The number of aryl methyl sites for hydroxylation is 2. The summed E-state index contributed by atoms with van der Waals surface area (Å²) in [6, 6.07) is 2.45. The zero-order chi connectivity index (χ0) is 16.0. The van der Waals surface area contributed by atoms with E-state index in [-0.39, 0.29) is 6.04 Å². The molecule has 0 bridgehead atoms. The third kappa shape index (κ3) is 2.84. The highest BCUT2D eigenvalue weighted by atomic mass is 32.1. The van der Waals surface area contributed by atoms with Crippen molar-refractivity contribution in [2.75, 3.05) is 6.54 Å². The molecule has 7 heteroatoms. The first kappa shape index (κ1) is 15.0. The van der Waals surface area contributed by atoms with Crippen molar-refractivity contribution in [3.05, 3.63) is 38.7 Å². The number of thiophene rings is 1. The molecule has 1 atom stereocenters. The largest absolute Gasteiger partial charge is 0.424 e. The summed E-state index contributed by atoms with van der Waals surface area (Å²) in [6.45, 7) is 7.97. The Labute approximate surface area is 143 Å². The maximum absolute atomic E-state index is 5.59. The van der Waals surface area contributed by atoms with E-state index in [1.54, 1.807) is 11.3 Å². The maximum atomic E-state index is 5.59. The summed E-state index contributed by atoms with van der Waals surface area (Å²) in [5, 5.41) is 11.4. The predicted molar refractivity (Wildman–Crippen MR) is 91.7 cm³/mol. The fourth-order valence-corrected chi connectivity index (χ4v) is 4.74. The van der Waals surface area contributed by atoms with Gasteiger partial charge >= 0.3 is 0 Å². The van der Waals surface area contributed by atoms with Crippen molar-refractivity contribution in [2.24, 2.45) is 0 Å². The quantitative estimate of drug-likeness (QED) is 0.718. The topological polar surface area (TPSA) is 55.1 Å². The van der Waals surface area contributed by atoms with Gasteiger partial charge in [0.25, 0.3) is 0 Å². The standard InChI is InChI=1S/C16H18N4OS2/c1-9(16-19-18-10(2)21-16)20-5-4-14-12(7-20)6-15(23-14)13-8-22-11(3)17-13/h6,8-9H,4-5,7H2,1-3H3/t9-/m1/s1. The first-order chi connectivity index (χ1) is 11.1. The van der Waals surface area contributed by atoms with E-state index in [2.05, 4.69) is 45.4 Å². The number of aromatic nitrogens is 3. The van der Waals surface area contributed by atoms with Crippen LogP contribution in [-0.4, -0.2) is 26.6 Å². The van der Waals surface area contributed by atoms with Crippen LogP contribution >= 0.6 is 22.7 Å². The summed E-state index contributed by atoms with van der Waals surface area (Å²) in [5.74, 6) is 1.33. The minimum absolute atomic E-state index is 0.147. The molecule has 4 rings (SSSR count). The Kier molecular flexibility index (Phi) is 3.79. The molecule has 0 fully saturated rings. The molecular weight excluding hydrogens is 328 g/mol. The van der Waals surface area contributed by atoms with Crippen molar-refractivity contribution in [3.63, 3.8) is 0 Å². The van der Waals surface area contributed by atoms with E-state index in [1.165, 1.54) is 15.3 Å². The van der Waals surface area contributed by atoms with Crippen molar-refractivity contribution in [1.29, 1.82) is 0 Å². The first-order valence-corrected chi connectivity index (χ1v) is 9.38. The Morgan fingerprint density at radius 2 is 2.17 bits per heavy atom. The summed E-state index contributed by atoms with van der Waals surface area (Å²) in [7, 11) is 0. The van der Waals surface area contributed by atoms with Gasteiger partial charge in [-0.05, 0) is 31.9 Å². The molecule has 23 heavy (non-hydrogen) atoms. The van der Waals surface area contributed by atoms with Crippen LogP contribution in [0.4, 0.5) is 0 Å². The summed E-state index contributed by atoms with van der Waals surface area (Å²) in [4.78, 5) is 9.77. The number of thiazole rings is 1. The van der Waals surface area contributed by atoms with Gasteiger partial charge in [0.05, 0.1) is 21.6 Å². The first-order valence-electron chi connectivity index (χ1n) is 7.68. The van der Waals surface area contributed by atoms with E-state index < -0.39 is 0 Å². The van der Waals surface area contributed by atoms with Crippen LogP contribution in [0, 0.1) is 13.8 Å². The zero-order valence-electron chi connectivity index (χ0n) is 13.4. The molecule has 1 aliphatic heterocycles. The molecule has 3 aromatic heterocycles. The van der Waals surface area contributed by atoms with E-state index in [9.17, 15) is 0 Å². The van der Waals surface area contributed by atoms with Crippen molar-refractivity contribution in [2.45, 2.75) is 39.8 Å². The average molecular weight is 346 g/mol. The molecule has 1 aliphatic rings. The van der Waals surface area contributed by atoms with Crippen LogP contribution in [-0.2, 0) is 13.0 Å². The Hall–Kier alpha value is -1.57. The van der Waals surface area contributed by atoms with Gasteiger partial charge in [-0.15, -0.1) is 32.9 Å². The average Bonchev–Trinajstić information content (AvgIpc) is 3.24. The van der Waals surface area contributed by atoms with Gasteiger partial charge in [0.2, 0.25) is 11.8 Å². The number of rotatable bonds is 3. The zero-order valence-corrected chi connectivity index (χ0v) is 15.0. The van der Waals surface area contributed by atoms with Crippen molar-refractivity contribution in [1.82, 2.24) is 20.1 Å². The minimum Gasteiger partial charge on any atom is -0.424 e. The summed E-state index contributed by atoms with van der Waals surface area (Å²) in [6.07, 6.45) is 1.07. The van der Waals surface area contributed by atoms with Gasteiger partial charge < -0.3 is 4.42 Å². The predicted octanol–water partition coefficient (Wildman–Crippen LogP) is 3.99. The van der Waals surface area contributed by atoms with Gasteiger partial charge in [-0.3, -0.25) is 4.90 Å². The maximum Gasteiger partial charge on any atom is 0.233 e. The third-order valence-electron chi connectivity index (χ3n) is 4.21. The molecule has 0 aliphatic carbocycles. The van der Waals surface area contributed by atoms with Crippen molar-refractivity contribution < 1.29 is 4.42 Å². The molecule has 120 valence electrons. The van der Waals surface area contributed by atoms with Gasteiger partial charge in [0.15, 0.2) is 0 Å². The van der Waals surface area contributed by atoms with E-state index in [0.717, 1.165) is 30.2 Å². The summed E-state index contributed by atoms with van der Waals surface area (Å²) >= 11 is 3.59. The van der Waals surface area contributed by atoms with Crippen LogP contribution in [0.1, 0.15) is 40.2 Å². The second-order valence-electron chi connectivity index (χ2n) is 5.87. The molecule has 0 saturated heterocycles. The Balaban J connectivity index is 1.56. The highest BCUT2D eigenvalue weighted by Gasteiger charge is 2.26. The van der Waals surface area contributed by atoms with Gasteiger partial charge in [-0.2, -0.15) is 0 Å². The van der Waals surface area contributed by atoms with Gasteiger partial charge in [0.1, 0.15) is 0 Å². The molecule has 0 N–H and O–H groups in total. The molecule has 0 saturated carbocycles. The Morgan fingerprint density at radius 3 is 2.87 bits per heavy atom. The molecule has 0 amide bonds. The van der Waals surface area contributed by atoms with Crippen LogP contribution < -0.4 is 0 Å². The summed E-state index contributed by atoms with van der Waals surface area (Å²) < 4.78 is 5.59. The fourth-order valence-electron chi connectivity index (χ4n) is 2.93. The lowest BCUT2D eigenvalue weighted by atomic mass is 10.1. The smallest absolute Gasteiger partial charge is 0.233 e. The van der Waals surface area contributed by atoms with E-state index in [1.807, 2.05) is 18.3 Å². The van der Waals surface area contributed by atoms with Crippen molar-refractivity contribution >= 4 is 22.7 Å². The van der Waals surface area contributed by atoms with Gasteiger partial charge in [-0.1, -0.05) is 0 Å². The molecule has 0 unspecified atom stereocenters. The van der Waals surface area contributed by atoms with Gasteiger partial charge in [-0.25, -0.2) is 4.98 Å². The van der Waals surface area contributed by atoms with E-state index in [0.29, 0.717) is 11.8 Å². The van der Waals surface area contributed by atoms with E-state index in [4.69, 9.17) is 4.42 Å². The third-order valence-corrected chi connectivity index (χ3v) is 6.25. The number of fused-ring (bicyclic) bond motifs is 1. The molecular formula is C16H18N4OS2. The van der Waals surface area contributed by atoms with E-state index >= 15 is 0 Å². The number of hydrogen-bond acceptors (Lipinski definition) is 7. The second kappa shape index (κ2) is 5.81. The molecule has 5 nitrogen and oxygen atoms in total. The number of nitrogens with zero attached hydrogens (tertiary/aromatic N) is 4. The van der Waals surface area contributed by atoms with Crippen molar-refractivity contribution in [3.8, 4) is 10.6 Å². The minimum atomic E-state index is 0.147. The molecule has 0 radical (unpaired) electrons. The van der Waals surface area contributed by atoms with Gasteiger partial charge in [0, 0.05) is 30.3 Å². The van der Waals surface area contributed by atoms with Crippen LogP contribution in [0.15, 0.2) is 15.9 Å². The molecule has 0 aromatic carbocycles. The lowest BCUT2D eigenvalue weighted by molar-refractivity contribution is 0.166. The normalized spacial score (nSPS) is 16.5. The lowest BCUT2D eigenvalue weighted by Crippen LogP contribution is -2.32.